The van der Waals surface area contributed by atoms with E-state index < -0.39 is 52.2 Å². The fourth-order valence-electron chi connectivity index (χ4n) is 5.74. The fraction of sp³-hybridized carbons (Fsp3) is 0.400. The van der Waals surface area contributed by atoms with Gasteiger partial charge in [-0.15, -0.1) is 0 Å². The van der Waals surface area contributed by atoms with E-state index in [2.05, 4.69) is 0 Å². The van der Waals surface area contributed by atoms with Crippen LogP contribution in [0.25, 0.3) is 0 Å². The number of benzene rings is 2. The topological polar surface area (TPSA) is 79.6 Å². The maximum absolute atomic E-state index is 13.5. The quantitative estimate of drug-likeness (QED) is 0.528. The molecule has 2 amide bonds. The highest BCUT2D eigenvalue weighted by Crippen LogP contribution is 2.62. The summed E-state index contributed by atoms with van der Waals surface area (Å²) in [5.41, 5.74) is -3.81. The number of rotatable bonds is 5. The number of halogens is 4. The van der Waals surface area contributed by atoms with E-state index in [1.165, 1.54) is 12.1 Å². The molecular weight excluding hydrogens is 485 g/mol. The molecule has 0 aromatic heterocycles. The number of carbonyl (C=O) groups excluding carboxylic acids is 2. The third-order valence-electron chi connectivity index (χ3n) is 7.31. The Kier molecular flexibility index (Phi) is 5.38. The van der Waals surface area contributed by atoms with Gasteiger partial charge in [0.2, 0.25) is 11.8 Å². The summed E-state index contributed by atoms with van der Waals surface area (Å²) in [5, 5.41) is 9.63. The molecule has 2 bridgehead atoms. The van der Waals surface area contributed by atoms with Gasteiger partial charge in [0.05, 0.1) is 52.5 Å². The van der Waals surface area contributed by atoms with E-state index in [-0.39, 0.29) is 12.3 Å². The maximum atomic E-state index is 13.5. The number of fused-ring (bicyclic) bond motifs is 5. The molecule has 35 heavy (non-hydrogen) atoms. The normalized spacial score (nSPS) is 29.4. The zero-order valence-corrected chi connectivity index (χ0v) is 19.3. The second kappa shape index (κ2) is 7.97. The molecule has 4 atom stereocenters. The van der Waals surface area contributed by atoms with E-state index >= 15 is 0 Å². The molecule has 6 nitrogen and oxygen atoms in total. The van der Waals surface area contributed by atoms with E-state index in [0.717, 1.165) is 11.0 Å². The molecule has 0 N–H and O–H groups in total. The summed E-state index contributed by atoms with van der Waals surface area (Å²) in [6.45, 7) is 1.99. The van der Waals surface area contributed by atoms with Gasteiger partial charge in [0.1, 0.15) is 5.75 Å². The van der Waals surface area contributed by atoms with Crippen molar-refractivity contribution in [2.75, 3.05) is 11.5 Å². The molecule has 2 aromatic carbocycles. The van der Waals surface area contributed by atoms with Crippen molar-refractivity contribution in [1.82, 2.24) is 0 Å². The lowest BCUT2D eigenvalue weighted by Crippen LogP contribution is -2.43. The molecule has 0 saturated carbocycles. The summed E-state index contributed by atoms with van der Waals surface area (Å²) < 4.78 is 52.6. The number of ether oxygens (including phenoxy) is 2. The Bertz CT molecular complexity index is 1260. The molecule has 10 heteroatoms. The number of hydrogen-bond donors (Lipinski definition) is 0. The number of nitriles is 1. The molecule has 3 aliphatic rings. The van der Waals surface area contributed by atoms with Gasteiger partial charge in [0, 0.05) is 11.4 Å². The summed E-state index contributed by atoms with van der Waals surface area (Å²) in [5.74, 6) is -2.21. The van der Waals surface area contributed by atoms with E-state index in [1.54, 1.807) is 31.2 Å². The van der Waals surface area contributed by atoms with Gasteiger partial charge in [-0.1, -0.05) is 11.6 Å². The van der Waals surface area contributed by atoms with E-state index in [1.807, 2.05) is 0 Å². The highest BCUT2D eigenvalue weighted by molar-refractivity contribution is 6.30. The first-order valence-corrected chi connectivity index (χ1v) is 11.4. The SMILES string of the molecule is C[C@@]12CC[C@@](CCOc3ccc(Cl)cc3)(O1)[C@H]1C(=O)N(c3ccc(C#N)c(C(F)(F)F)c3)C(=O)[C@H]12. The third-order valence-corrected chi connectivity index (χ3v) is 7.56. The number of anilines is 1. The summed E-state index contributed by atoms with van der Waals surface area (Å²) in [6, 6.07) is 11.2. The molecule has 2 aromatic rings. The van der Waals surface area contributed by atoms with Crippen molar-refractivity contribution in [1.29, 1.82) is 5.26 Å². The standard InChI is InChI=1S/C25H20ClF3N2O4/c1-23-8-9-24(35-23,10-11-34-17-6-3-15(26)4-7-17)20-19(23)21(32)31(22(20)33)16-5-2-14(13-30)18(12-16)25(27,28)29/h2-7,12,19-20H,8-11H2,1H3/t19-,20+,23-,24-/m0/s1. The van der Waals surface area contributed by atoms with Crippen LogP contribution in [0.1, 0.15) is 37.3 Å². The minimum Gasteiger partial charge on any atom is -0.493 e. The Balaban J connectivity index is 1.43. The van der Waals surface area contributed by atoms with Crippen LogP contribution in [0, 0.1) is 23.2 Å². The van der Waals surface area contributed by atoms with Crippen LogP contribution in [0.3, 0.4) is 0 Å². The van der Waals surface area contributed by atoms with E-state index in [4.69, 9.17) is 26.3 Å². The zero-order chi connectivity index (χ0) is 25.2. The Morgan fingerprint density at radius 2 is 1.83 bits per heavy atom. The van der Waals surface area contributed by atoms with Crippen LogP contribution >= 0.6 is 11.6 Å². The van der Waals surface area contributed by atoms with Gasteiger partial charge >= 0.3 is 6.18 Å². The molecular formula is C25H20ClF3N2O4. The van der Waals surface area contributed by atoms with Crippen molar-refractivity contribution < 1.29 is 32.2 Å². The maximum Gasteiger partial charge on any atom is 0.417 e. The monoisotopic (exact) mass is 504 g/mol. The second-order valence-corrected chi connectivity index (χ2v) is 9.77. The number of carbonyl (C=O) groups is 2. The predicted octanol–water partition coefficient (Wildman–Crippen LogP) is 5.13. The molecule has 0 unspecified atom stereocenters. The summed E-state index contributed by atoms with van der Waals surface area (Å²) in [4.78, 5) is 27.8. The Labute approximate surface area is 204 Å². The molecule has 0 aliphatic carbocycles. The van der Waals surface area contributed by atoms with Crippen LogP contribution in [0.5, 0.6) is 5.75 Å². The first kappa shape index (κ1) is 23.6. The fourth-order valence-corrected chi connectivity index (χ4v) is 5.87. The first-order valence-electron chi connectivity index (χ1n) is 11.1. The van der Waals surface area contributed by atoms with Gasteiger partial charge in [-0.2, -0.15) is 18.4 Å². The molecule has 3 heterocycles. The minimum atomic E-state index is -4.81. The lowest BCUT2D eigenvalue weighted by Gasteiger charge is -2.31. The van der Waals surface area contributed by atoms with Gasteiger partial charge in [-0.05, 0) is 62.2 Å². The molecule has 182 valence electrons. The number of nitrogens with zero attached hydrogens (tertiary/aromatic N) is 2. The van der Waals surface area contributed by atoms with Gasteiger partial charge in [-0.25, -0.2) is 4.90 Å². The number of hydrogen-bond acceptors (Lipinski definition) is 5. The van der Waals surface area contributed by atoms with Gasteiger partial charge < -0.3 is 9.47 Å². The lowest BCUT2D eigenvalue weighted by molar-refractivity contribution is -0.138. The van der Waals surface area contributed by atoms with Crippen molar-refractivity contribution in [2.45, 2.75) is 43.6 Å². The highest BCUT2D eigenvalue weighted by Gasteiger charge is 2.73. The predicted molar refractivity (Wildman–Crippen MR) is 119 cm³/mol. The molecule has 3 saturated heterocycles. The van der Waals surface area contributed by atoms with Crippen LogP contribution in [0.4, 0.5) is 18.9 Å². The third kappa shape index (κ3) is 3.67. The largest absolute Gasteiger partial charge is 0.493 e. The van der Waals surface area contributed by atoms with Gasteiger partial charge in [0.25, 0.3) is 0 Å². The van der Waals surface area contributed by atoms with Crippen LogP contribution in [0.15, 0.2) is 42.5 Å². The van der Waals surface area contributed by atoms with Gasteiger partial charge in [-0.3, -0.25) is 9.59 Å². The number of alkyl halides is 3. The molecule has 0 spiro atoms. The Morgan fingerprint density at radius 1 is 1.14 bits per heavy atom. The van der Waals surface area contributed by atoms with Crippen LogP contribution in [0.2, 0.25) is 5.02 Å². The van der Waals surface area contributed by atoms with Crippen molar-refractivity contribution in [2.24, 2.45) is 11.8 Å². The van der Waals surface area contributed by atoms with Crippen molar-refractivity contribution in [3.05, 3.63) is 58.6 Å². The molecule has 0 radical (unpaired) electrons. The minimum absolute atomic E-state index is 0.198. The number of imide groups is 1. The molecule has 3 fully saturated rings. The smallest absolute Gasteiger partial charge is 0.417 e. The zero-order valence-electron chi connectivity index (χ0n) is 18.6. The van der Waals surface area contributed by atoms with Crippen LogP contribution < -0.4 is 9.64 Å². The first-order chi connectivity index (χ1) is 16.5. The average molecular weight is 505 g/mol. The lowest BCUT2D eigenvalue weighted by atomic mass is 9.67. The van der Waals surface area contributed by atoms with Gasteiger partial charge in [0.15, 0.2) is 0 Å². The Hall–Kier alpha value is -3.09. The second-order valence-electron chi connectivity index (χ2n) is 9.34. The molecule has 5 rings (SSSR count). The average Bonchev–Trinajstić information content (AvgIpc) is 3.38. The molecule has 3 aliphatic heterocycles. The summed E-state index contributed by atoms with van der Waals surface area (Å²) in [7, 11) is 0. The van der Waals surface area contributed by atoms with Crippen molar-refractivity contribution >= 4 is 29.1 Å². The highest BCUT2D eigenvalue weighted by atomic mass is 35.5. The van der Waals surface area contributed by atoms with Crippen molar-refractivity contribution in [3.8, 4) is 11.8 Å². The number of amides is 2. The Morgan fingerprint density at radius 3 is 2.49 bits per heavy atom. The van der Waals surface area contributed by atoms with E-state index in [0.29, 0.717) is 36.1 Å². The van der Waals surface area contributed by atoms with Crippen LogP contribution in [-0.2, 0) is 20.5 Å². The summed E-state index contributed by atoms with van der Waals surface area (Å²) in [6.07, 6.45) is -3.40. The summed E-state index contributed by atoms with van der Waals surface area (Å²) >= 11 is 5.89. The van der Waals surface area contributed by atoms with Crippen LogP contribution in [-0.4, -0.2) is 29.6 Å². The van der Waals surface area contributed by atoms with E-state index in [9.17, 15) is 22.8 Å². The van der Waals surface area contributed by atoms with Crippen molar-refractivity contribution in [3.63, 3.8) is 0 Å².